The number of fused-ring (bicyclic) bond motifs is 1. The third-order valence-corrected chi connectivity index (χ3v) is 3.34. The second-order valence-corrected chi connectivity index (χ2v) is 4.48. The molecule has 2 aromatic heterocycles. The van der Waals surface area contributed by atoms with E-state index in [9.17, 15) is 4.79 Å². The van der Waals surface area contributed by atoms with Crippen molar-refractivity contribution in [2.45, 2.75) is 12.3 Å². The Labute approximate surface area is 105 Å². The van der Waals surface area contributed by atoms with Gasteiger partial charge in [-0.15, -0.1) is 0 Å². The van der Waals surface area contributed by atoms with E-state index >= 15 is 0 Å². The van der Waals surface area contributed by atoms with Gasteiger partial charge in [-0.05, 0) is 12.1 Å². The molecular formula is C13H15N3O2. The van der Waals surface area contributed by atoms with Crippen molar-refractivity contribution in [1.29, 1.82) is 0 Å². The Morgan fingerprint density at radius 1 is 1.44 bits per heavy atom. The number of piperidine rings is 1. The van der Waals surface area contributed by atoms with Gasteiger partial charge in [0.15, 0.2) is 0 Å². The lowest BCUT2D eigenvalue weighted by molar-refractivity contribution is -0.121. The van der Waals surface area contributed by atoms with Crippen LogP contribution in [0, 0.1) is 0 Å². The van der Waals surface area contributed by atoms with Crippen LogP contribution in [0.25, 0.3) is 11.0 Å². The number of methoxy groups -OCH3 is 1. The average Bonchev–Trinajstić information content (AvgIpc) is 2.81. The Morgan fingerprint density at radius 3 is 3.11 bits per heavy atom. The number of carbonyl (C=O) groups is 1. The van der Waals surface area contributed by atoms with Crippen LogP contribution < -0.4 is 10.1 Å². The van der Waals surface area contributed by atoms with Crippen molar-refractivity contribution in [3.63, 3.8) is 0 Å². The SMILES string of the molecule is COc1ccc2[nH]c(C3CNCCC3=O)cc2n1. The van der Waals surface area contributed by atoms with Crippen molar-refractivity contribution in [1.82, 2.24) is 15.3 Å². The minimum Gasteiger partial charge on any atom is -0.481 e. The maximum Gasteiger partial charge on any atom is 0.213 e. The van der Waals surface area contributed by atoms with Gasteiger partial charge in [0.1, 0.15) is 5.78 Å². The summed E-state index contributed by atoms with van der Waals surface area (Å²) in [6.07, 6.45) is 0.594. The number of pyridine rings is 1. The maximum atomic E-state index is 11.9. The molecule has 5 heteroatoms. The summed E-state index contributed by atoms with van der Waals surface area (Å²) in [6, 6.07) is 5.67. The van der Waals surface area contributed by atoms with E-state index in [0.29, 0.717) is 18.8 Å². The van der Waals surface area contributed by atoms with Gasteiger partial charge >= 0.3 is 0 Å². The predicted octanol–water partition coefficient (Wildman–Crippen LogP) is 1.22. The van der Waals surface area contributed by atoms with E-state index in [1.54, 1.807) is 7.11 Å². The third-order valence-electron chi connectivity index (χ3n) is 3.34. The van der Waals surface area contributed by atoms with Gasteiger partial charge in [0.2, 0.25) is 5.88 Å². The molecule has 3 rings (SSSR count). The van der Waals surface area contributed by atoms with Crippen LogP contribution in [-0.4, -0.2) is 36.0 Å². The fourth-order valence-corrected chi connectivity index (χ4v) is 2.34. The monoisotopic (exact) mass is 245 g/mol. The Hall–Kier alpha value is -1.88. The predicted molar refractivity (Wildman–Crippen MR) is 67.9 cm³/mol. The van der Waals surface area contributed by atoms with Gasteiger partial charge in [-0.2, -0.15) is 0 Å². The molecule has 0 saturated carbocycles. The first-order valence-electron chi connectivity index (χ1n) is 6.05. The number of Topliss-reactive ketones (excluding diaryl/α,β-unsaturated/α-hetero) is 1. The van der Waals surface area contributed by atoms with E-state index in [2.05, 4.69) is 15.3 Å². The number of rotatable bonds is 2. The highest BCUT2D eigenvalue weighted by Crippen LogP contribution is 2.24. The highest BCUT2D eigenvalue weighted by atomic mass is 16.5. The summed E-state index contributed by atoms with van der Waals surface area (Å²) < 4.78 is 5.09. The summed E-state index contributed by atoms with van der Waals surface area (Å²) in [5, 5.41) is 3.24. The first kappa shape index (κ1) is 11.2. The highest BCUT2D eigenvalue weighted by molar-refractivity contribution is 5.88. The molecule has 0 amide bonds. The van der Waals surface area contributed by atoms with E-state index in [1.807, 2.05) is 18.2 Å². The van der Waals surface area contributed by atoms with Crippen molar-refractivity contribution in [2.24, 2.45) is 0 Å². The topological polar surface area (TPSA) is 67.0 Å². The van der Waals surface area contributed by atoms with Crippen LogP contribution >= 0.6 is 0 Å². The van der Waals surface area contributed by atoms with Crippen LogP contribution in [0.3, 0.4) is 0 Å². The molecule has 0 bridgehead atoms. The van der Waals surface area contributed by atoms with Gasteiger partial charge in [-0.1, -0.05) is 0 Å². The smallest absolute Gasteiger partial charge is 0.213 e. The van der Waals surface area contributed by atoms with Crippen molar-refractivity contribution < 1.29 is 9.53 Å². The molecule has 2 N–H and O–H groups in total. The Kier molecular flexibility index (Phi) is 2.76. The zero-order valence-electron chi connectivity index (χ0n) is 10.2. The van der Waals surface area contributed by atoms with Gasteiger partial charge in [0.25, 0.3) is 0 Å². The number of hydrogen-bond acceptors (Lipinski definition) is 4. The summed E-state index contributed by atoms with van der Waals surface area (Å²) in [5.41, 5.74) is 2.70. The first-order valence-corrected chi connectivity index (χ1v) is 6.05. The number of nitrogens with zero attached hydrogens (tertiary/aromatic N) is 1. The molecule has 1 unspecified atom stereocenters. The number of carbonyl (C=O) groups excluding carboxylic acids is 1. The maximum absolute atomic E-state index is 11.9. The molecule has 1 atom stereocenters. The van der Waals surface area contributed by atoms with E-state index in [1.165, 1.54) is 0 Å². The minimum absolute atomic E-state index is 0.0843. The molecule has 1 fully saturated rings. The van der Waals surface area contributed by atoms with Gasteiger partial charge < -0.3 is 15.0 Å². The number of nitrogens with one attached hydrogen (secondary N) is 2. The van der Waals surface area contributed by atoms with E-state index in [0.717, 1.165) is 23.3 Å². The number of aromatic nitrogens is 2. The number of ether oxygens (including phenoxy) is 1. The van der Waals surface area contributed by atoms with Gasteiger partial charge in [-0.25, -0.2) is 4.98 Å². The van der Waals surface area contributed by atoms with Crippen LogP contribution in [0.2, 0.25) is 0 Å². The van der Waals surface area contributed by atoms with Gasteiger partial charge in [0.05, 0.1) is 24.1 Å². The second-order valence-electron chi connectivity index (χ2n) is 4.48. The molecule has 0 aliphatic carbocycles. The van der Waals surface area contributed by atoms with Crippen LogP contribution in [0.15, 0.2) is 18.2 Å². The second kappa shape index (κ2) is 4.42. The van der Waals surface area contributed by atoms with E-state index in [4.69, 9.17) is 4.74 Å². The highest BCUT2D eigenvalue weighted by Gasteiger charge is 2.25. The Morgan fingerprint density at radius 2 is 2.33 bits per heavy atom. The molecule has 0 spiro atoms. The average molecular weight is 245 g/mol. The van der Waals surface area contributed by atoms with Crippen LogP contribution in [0.5, 0.6) is 5.88 Å². The normalized spacial score (nSPS) is 20.3. The summed E-state index contributed by atoms with van der Waals surface area (Å²) in [4.78, 5) is 19.5. The standard InChI is InChI=1S/C13H15N3O2/c1-18-13-3-2-9-11(16-13)6-10(15-9)8-7-14-5-4-12(8)17/h2-3,6,8,14-15H,4-5,7H2,1H3. The molecule has 0 radical (unpaired) electrons. The first-order chi connectivity index (χ1) is 8.78. The summed E-state index contributed by atoms with van der Waals surface area (Å²) >= 11 is 0. The van der Waals surface area contributed by atoms with Crippen LogP contribution in [0.4, 0.5) is 0 Å². The summed E-state index contributed by atoms with van der Waals surface area (Å²) in [7, 11) is 1.59. The summed E-state index contributed by atoms with van der Waals surface area (Å²) in [6.45, 7) is 1.48. The molecule has 94 valence electrons. The number of aromatic amines is 1. The lowest BCUT2D eigenvalue weighted by Gasteiger charge is -2.20. The molecule has 1 aliphatic heterocycles. The fraction of sp³-hybridized carbons (Fsp3) is 0.385. The largest absolute Gasteiger partial charge is 0.481 e. The molecular weight excluding hydrogens is 230 g/mol. The Bertz CT molecular complexity index is 591. The lowest BCUT2D eigenvalue weighted by atomic mass is 9.95. The molecule has 5 nitrogen and oxygen atoms in total. The minimum atomic E-state index is -0.0843. The number of H-pyrrole nitrogens is 1. The van der Waals surface area contributed by atoms with Crippen LogP contribution in [0.1, 0.15) is 18.0 Å². The molecule has 1 aliphatic rings. The fourth-order valence-electron chi connectivity index (χ4n) is 2.34. The van der Waals surface area contributed by atoms with Crippen molar-refractivity contribution in [2.75, 3.05) is 20.2 Å². The lowest BCUT2D eigenvalue weighted by Crippen LogP contribution is -2.35. The summed E-state index contributed by atoms with van der Waals surface area (Å²) in [5.74, 6) is 0.785. The van der Waals surface area contributed by atoms with Crippen molar-refractivity contribution in [3.8, 4) is 5.88 Å². The van der Waals surface area contributed by atoms with E-state index < -0.39 is 0 Å². The molecule has 1 saturated heterocycles. The quantitative estimate of drug-likeness (QED) is 0.834. The molecule has 2 aromatic rings. The van der Waals surface area contributed by atoms with Crippen LogP contribution in [-0.2, 0) is 4.79 Å². The zero-order valence-corrected chi connectivity index (χ0v) is 10.2. The Balaban J connectivity index is 1.99. The number of ketones is 1. The molecule has 18 heavy (non-hydrogen) atoms. The van der Waals surface area contributed by atoms with Gasteiger partial charge in [-0.3, -0.25) is 4.79 Å². The number of hydrogen-bond donors (Lipinski definition) is 2. The van der Waals surface area contributed by atoms with Gasteiger partial charge in [0, 0.05) is 31.3 Å². The third kappa shape index (κ3) is 1.86. The van der Waals surface area contributed by atoms with Crippen molar-refractivity contribution >= 4 is 16.8 Å². The van der Waals surface area contributed by atoms with E-state index in [-0.39, 0.29) is 11.7 Å². The van der Waals surface area contributed by atoms with Crippen molar-refractivity contribution in [3.05, 3.63) is 23.9 Å². The molecule has 3 heterocycles. The zero-order chi connectivity index (χ0) is 12.5. The molecule has 0 aromatic carbocycles.